The number of phenolic OH excluding ortho intramolecular Hbond substituents is 2. The molecule has 0 radical (unpaired) electrons. The SMILES string of the molecule is Oc1cc2ccc3c(c2c2ccccc12)Oc1c(ccc2cc(O)c4ccccc4c12)C31c2ccccc2-c2ccccc21. The highest BCUT2D eigenvalue weighted by Gasteiger charge is 2.51. The van der Waals surface area contributed by atoms with Crippen LogP contribution < -0.4 is 4.74 Å². The lowest BCUT2D eigenvalue weighted by Gasteiger charge is -2.40. The van der Waals surface area contributed by atoms with E-state index in [4.69, 9.17) is 4.74 Å². The lowest BCUT2D eigenvalue weighted by atomic mass is 9.65. The first kappa shape index (κ1) is 23.7. The average molecular weight is 565 g/mol. The van der Waals surface area contributed by atoms with Crippen molar-refractivity contribution in [3.8, 4) is 34.1 Å². The van der Waals surface area contributed by atoms with Gasteiger partial charge in [0.2, 0.25) is 0 Å². The quantitative estimate of drug-likeness (QED) is 0.180. The van der Waals surface area contributed by atoms with Crippen molar-refractivity contribution in [3.63, 3.8) is 0 Å². The first-order valence-corrected chi connectivity index (χ1v) is 14.9. The van der Waals surface area contributed by atoms with Crippen LogP contribution in [-0.4, -0.2) is 10.2 Å². The van der Waals surface area contributed by atoms with E-state index < -0.39 is 5.41 Å². The van der Waals surface area contributed by atoms with Gasteiger partial charge in [-0.2, -0.15) is 0 Å². The molecule has 0 fully saturated rings. The van der Waals surface area contributed by atoms with E-state index in [0.29, 0.717) is 0 Å². The zero-order chi connectivity index (χ0) is 29.2. The lowest BCUT2D eigenvalue weighted by molar-refractivity contribution is 0.447. The average Bonchev–Trinajstić information content (AvgIpc) is 3.35. The van der Waals surface area contributed by atoms with Crippen LogP contribution in [0.15, 0.2) is 133 Å². The third-order valence-corrected chi connectivity index (χ3v) is 9.87. The molecule has 8 aromatic carbocycles. The summed E-state index contributed by atoms with van der Waals surface area (Å²) < 4.78 is 7.25. The van der Waals surface area contributed by atoms with Crippen molar-refractivity contribution in [2.24, 2.45) is 0 Å². The molecule has 0 saturated heterocycles. The summed E-state index contributed by atoms with van der Waals surface area (Å²) in [5, 5.41) is 29.3. The van der Waals surface area contributed by atoms with E-state index in [2.05, 4.69) is 84.9 Å². The van der Waals surface area contributed by atoms with Crippen molar-refractivity contribution in [3.05, 3.63) is 156 Å². The number of hydrogen-bond donors (Lipinski definition) is 2. The standard InChI is InChI=1S/C41H24O3/c42-35-21-23-17-19-33-39(37(23)29-13-3-1-11-27(29)35)44-40-34(20-18-24-22-36(43)28-12-2-4-14-30(28)38(24)40)41(33)31-15-7-5-9-25(31)26-10-6-8-16-32(26)41/h1-22,42-43H. The van der Waals surface area contributed by atoms with E-state index in [0.717, 1.165) is 65.7 Å². The van der Waals surface area contributed by atoms with Crippen LogP contribution in [0.25, 0.3) is 54.2 Å². The van der Waals surface area contributed by atoms with Crippen molar-refractivity contribution in [1.29, 1.82) is 0 Å². The normalized spacial score (nSPS) is 14.0. The molecule has 2 N–H and O–H groups in total. The topological polar surface area (TPSA) is 49.7 Å². The van der Waals surface area contributed by atoms with Gasteiger partial charge in [0.05, 0.1) is 5.41 Å². The number of aromatic hydroxyl groups is 2. The largest absolute Gasteiger partial charge is 0.507 e. The zero-order valence-electron chi connectivity index (χ0n) is 23.5. The van der Waals surface area contributed by atoms with Gasteiger partial charge in [0, 0.05) is 32.7 Å². The third-order valence-electron chi connectivity index (χ3n) is 9.87. The molecule has 8 aromatic rings. The van der Waals surface area contributed by atoms with Gasteiger partial charge >= 0.3 is 0 Å². The van der Waals surface area contributed by atoms with Gasteiger partial charge < -0.3 is 14.9 Å². The Kier molecular flexibility index (Phi) is 4.41. The van der Waals surface area contributed by atoms with Gasteiger partial charge in [-0.05, 0) is 55.9 Å². The summed E-state index contributed by atoms with van der Waals surface area (Å²) in [6.07, 6.45) is 0. The highest BCUT2D eigenvalue weighted by atomic mass is 16.5. The Morgan fingerprint density at radius 2 is 0.818 bits per heavy atom. The van der Waals surface area contributed by atoms with Gasteiger partial charge in [-0.25, -0.2) is 0 Å². The molecule has 0 bridgehead atoms. The summed E-state index contributed by atoms with van der Waals surface area (Å²) in [5.41, 5.74) is 6.38. The van der Waals surface area contributed by atoms with Crippen LogP contribution in [0.3, 0.4) is 0 Å². The molecule has 1 aliphatic carbocycles. The van der Waals surface area contributed by atoms with Crippen molar-refractivity contribution in [1.82, 2.24) is 0 Å². The van der Waals surface area contributed by atoms with Gasteiger partial charge in [0.25, 0.3) is 0 Å². The smallest absolute Gasteiger partial charge is 0.140 e. The van der Waals surface area contributed by atoms with Crippen molar-refractivity contribution in [2.45, 2.75) is 5.41 Å². The fraction of sp³-hybridized carbons (Fsp3) is 0.0244. The zero-order valence-corrected chi connectivity index (χ0v) is 23.5. The second kappa shape index (κ2) is 8.18. The van der Waals surface area contributed by atoms with Crippen molar-refractivity contribution in [2.75, 3.05) is 0 Å². The van der Waals surface area contributed by atoms with E-state index in [1.807, 2.05) is 48.5 Å². The minimum atomic E-state index is -0.642. The van der Waals surface area contributed by atoms with E-state index in [-0.39, 0.29) is 11.5 Å². The van der Waals surface area contributed by atoms with E-state index in [9.17, 15) is 10.2 Å². The second-order valence-corrected chi connectivity index (χ2v) is 11.9. The fourth-order valence-electron chi connectivity index (χ4n) is 8.16. The first-order valence-electron chi connectivity index (χ1n) is 14.9. The molecule has 0 saturated carbocycles. The highest BCUT2D eigenvalue weighted by molar-refractivity contribution is 6.17. The molecule has 0 unspecified atom stereocenters. The number of benzene rings is 8. The molecule has 2 aliphatic rings. The van der Waals surface area contributed by atoms with Crippen LogP contribution in [0.2, 0.25) is 0 Å². The highest BCUT2D eigenvalue weighted by Crippen LogP contribution is 2.64. The molecule has 1 aliphatic heterocycles. The third kappa shape index (κ3) is 2.73. The van der Waals surface area contributed by atoms with Gasteiger partial charge in [-0.1, -0.05) is 121 Å². The molecule has 3 heteroatoms. The van der Waals surface area contributed by atoms with E-state index in [1.54, 1.807) is 0 Å². The Hall–Kier alpha value is -5.80. The molecule has 10 rings (SSSR count). The summed E-state index contributed by atoms with van der Waals surface area (Å²) >= 11 is 0. The first-order chi connectivity index (χ1) is 21.7. The molecule has 0 atom stereocenters. The molecule has 1 heterocycles. The number of fused-ring (bicyclic) bond motifs is 17. The predicted octanol–water partition coefficient (Wildman–Crippen LogP) is 10.2. The Morgan fingerprint density at radius 3 is 1.30 bits per heavy atom. The molecular formula is C41H24O3. The van der Waals surface area contributed by atoms with Gasteiger partial charge in [0.1, 0.15) is 23.0 Å². The Bertz CT molecular complexity index is 2380. The van der Waals surface area contributed by atoms with Crippen LogP contribution in [0.1, 0.15) is 22.3 Å². The lowest BCUT2D eigenvalue weighted by Crippen LogP contribution is -2.32. The molecule has 0 amide bonds. The Morgan fingerprint density at radius 1 is 0.409 bits per heavy atom. The van der Waals surface area contributed by atoms with Crippen LogP contribution in [0.5, 0.6) is 23.0 Å². The molecular weight excluding hydrogens is 540 g/mol. The number of ether oxygens (including phenoxy) is 1. The molecule has 206 valence electrons. The second-order valence-electron chi connectivity index (χ2n) is 11.9. The molecule has 44 heavy (non-hydrogen) atoms. The summed E-state index contributed by atoms with van der Waals surface area (Å²) in [6.45, 7) is 0. The Balaban J connectivity index is 1.48. The number of phenols is 2. The summed E-state index contributed by atoms with van der Waals surface area (Å²) in [6, 6.07) is 45.7. The Labute approximate surface area is 252 Å². The maximum atomic E-state index is 11.0. The van der Waals surface area contributed by atoms with E-state index in [1.165, 1.54) is 22.3 Å². The fourth-order valence-corrected chi connectivity index (χ4v) is 8.16. The van der Waals surface area contributed by atoms with Gasteiger partial charge in [-0.3, -0.25) is 0 Å². The van der Waals surface area contributed by atoms with Crippen molar-refractivity contribution < 1.29 is 14.9 Å². The van der Waals surface area contributed by atoms with Crippen LogP contribution >= 0.6 is 0 Å². The van der Waals surface area contributed by atoms with Crippen molar-refractivity contribution >= 4 is 43.1 Å². The minimum Gasteiger partial charge on any atom is -0.507 e. The van der Waals surface area contributed by atoms with Crippen LogP contribution in [-0.2, 0) is 5.41 Å². The summed E-state index contributed by atoms with van der Waals surface area (Å²) in [7, 11) is 0. The van der Waals surface area contributed by atoms with Gasteiger partial charge in [-0.15, -0.1) is 0 Å². The van der Waals surface area contributed by atoms with Gasteiger partial charge in [0.15, 0.2) is 0 Å². The van der Waals surface area contributed by atoms with E-state index >= 15 is 0 Å². The van der Waals surface area contributed by atoms with Crippen LogP contribution in [0.4, 0.5) is 0 Å². The molecule has 0 aromatic heterocycles. The molecule has 3 nitrogen and oxygen atoms in total. The van der Waals surface area contributed by atoms with Crippen LogP contribution in [0, 0.1) is 0 Å². The predicted molar refractivity (Wildman–Crippen MR) is 177 cm³/mol. The maximum absolute atomic E-state index is 11.0. The minimum absolute atomic E-state index is 0.252. The summed E-state index contributed by atoms with van der Waals surface area (Å²) in [4.78, 5) is 0. The molecule has 1 spiro atoms. The number of hydrogen-bond acceptors (Lipinski definition) is 3. The monoisotopic (exact) mass is 564 g/mol. The number of rotatable bonds is 0. The summed E-state index contributed by atoms with van der Waals surface area (Å²) in [5.74, 6) is 2.09. The maximum Gasteiger partial charge on any atom is 0.140 e.